The molecule has 16 heteroatoms. The number of hydrogen-bond donors (Lipinski definition) is 2. The fourth-order valence-electron chi connectivity index (χ4n) is 12.5. The maximum Gasteiger partial charge on any atom is 0.404 e. The average molecular weight is 972 g/mol. The first kappa shape index (κ1) is 48.5. The second kappa shape index (κ2) is 19.8. The number of alkyl halides is 3. The summed E-state index contributed by atoms with van der Waals surface area (Å²) in [6, 6.07) is 17.3. The molecule has 5 aliphatic rings. The number of nitrogens with two attached hydrogens (primary N) is 1. The number of aryl methyl sites for hydroxylation is 1. The number of likely N-dealkylation sites (tertiary alicyclic amines) is 3. The van der Waals surface area contributed by atoms with Gasteiger partial charge in [0.25, 0.3) is 5.91 Å². The maximum absolute atomic E-state index is 14.9. The van der Waals surface area contributed by atoms with E-state index in [4.69, 9.17) is 10.7 Å². The number of benzene rings is 2. The molecule has 10 rings (SSSR count). The van der Waals surface area contributed by atoms with E-state index in [0.717, 1.165) is 53.9 Å². The Morgan fingerprint density at radius 2 is 1.63 bits per heavy atom. The Morgan fingerprint density at radius 1 is 0.873 bits per heavy atom. The van der Waals surface area contributed by atoms with E-state index in [1.54, 1.807) is 18.0 Å². The minimum Gasteiger partial charge on any atom is -0.384 e. The lowest BCUT2D eigenvalue weighted by Gasteiger charge is -2.38. The Bertz CT molecular complexity index is 2900. The molecule has 0 saturated carbocycles. The van der Waals surface area contributed by atoms with Crippen molar-refractivity contribution in [3.63, 3.8) is 0 Å². The van der Waals surface area contributed by atoms with Gasteiger partial charge in [-0.05, 0) is 167 Å². The predicted molar refractivity (Wildman–Crippen MR) is 267 cm³/mol. The Labute approximate surface area is 412 Å². The number of nitrogens with one attached hydrogen (secondary N) is 1. The second-order valence-corrected chi connectivity index (χ2v) is 20.8. The first-order valence-electron chi connectivity index (χ1n) is 25.5. The van der Waals surface area contributed by atoms with Crippen molar-refractivity contribution in [2.45, 2.75) is 114 Å². The van der Waals surface area contributed by atoms with Gasteiger partial charge >= 0.3 is 11.9 Å². The van der Waals surface area contributed by atoms with Crippen LogP contribution >= 0.6 is 0 Å². The number of imide groups is 1. The molecule has 374 valence electrons. The van der Waals surface area contributed by atoms with Crippen LogP contribution in [0.15, 0.2) is 83.4 Å². The van der Waals surface area contributed by atoms with Crippen molar-refractivity contribution in [3.05, 3.63) is 117 Å². The lowest BCUT2D eigenvalue weighted by molar-refractivity contribution is -0.188. The molecule has 0 spiro atoms. The van der Waals surface area contributed by atoms with E-state index in [2.05, 4.69) is 53.3 Å². The highest BCUT2D eigenvalue weighted by atomic mass is 19.4. The highest BCUT2D eigenvalue weighted by Gasteiger charge is 2.46. The van der Waals surface area contributed by atoms with Crippen molar-refractivity contribution in [3.8, 4) is 11.1 Å². The second-order valence-electron chi connectivity index (χ2n) is 20.8. The number of aromatic nitrogens is 4. The number of piperidine rings is 3. The van der Waals surface area contributed by atoms with Crippen molar-refractivity contribution >= 4 is 40.6 Å². The van der Waals surface area contributed by atoms with Crippen molar-refractivity contribution < 1.29 is 27.6 Å². The largest absolute Gasteiger partial charge is 0.404 e. The number of anilines is 1. The van der Waals surface area contributed by atoms with E-state index in [1.165, 1.54) is 20.3 Å². The van der Waals surface area contributed by atoms with Crippen molar-refractivity contribution in [2.75, 3.05) is 45.0 Å². The average Bonchev–Trinajstić information content (AvgIpc) is 3.73. The van der Waals surface area contributed by atoms with Crippen LogP contribution in [0, 0.1) is 11.8 Å². The zero-order chi connectivity index (χ0) is 49.7. The molecule has 7 heterocycles. The van der Waals surface area contributed by atoms with E-state index in [0.29, 0.717) is 86.6 Å². The van der Waals surface area contributed by atoms with Gasteiger partial charge in [0.15, 0.2) is 0 Å². The van der Waals surface area contributed by atoms with Crippen molar-refractivity contribution in [1.82, 2.24) is 39.1 Å². The van der Waals surface area contributed by atoms with Gasteiger partial charge in [-0.3, -0.25) is 43.6 Å². The van der Waals surface area contributed by atoms with Crippen LogP contribution < -0.4 is 16.7 Å². The molecule has 3 N–H and O–H groups in total. The third kappa shape index (κ3) is 9.81. The summed E-state index contributed by atoms with van der Waals surface area (Å²) in [5.41, 5.74) is 15.1. The fraction of sp³-hybridized carbons (Fsp3) is 0.491. The summed E-state index contributed by atoms with van der Waals surface area (Å²) in [6.07, 6.45) is 7.08. The third-order valence-electron chi connectivity index (χ3n) is 16.6. The molecule has 13 nitrogen and oxygen atoms in total. The van der Waals surface area contributed by atoms with Gasteiger partial charge in [-0.1, -0.05) is 31.2 Å². The van der Waals surface area contributed by atoms with E-state index in [1.807, 2.05) is 53.7 Å². The van der Waals surface area contributed by atoms with Gasteiger partial charge in [0.05, 0.1) is 16.7 Å². The topological polar surface area (TPSA) is 152 Å². The summed E-state index contributed by atoms with van der Waals surface area (Å²) in [7, 11) is 1.62. The first-order valence-corrected chi connectivity index (χ1v) is 25.5. The molecule has 3 aromatic heterocycles. The van der Waals surface area contributed by atoms with Gasteiger partial charge in [0.2, 0.25) is 11.8 Å². The Balaban J connectivity index is 0.709. The summed E-state index contributed by atoms with van der Waals surface area (Å²) in [6.45, 7) is 8.23. The number of pyridine rings is 2. The van der Waals surface area contributed by atoms with Crippen LogP contribution in [0.3, 0.4) is 0 Å². The fourth-order valence-corrected chi connectivity index (χ4v) is 12.5. The van der Waals surface area contributed by atoms with Crippen LogP contribution in [0.2, 0.25) is 0 Å². The van der Waals surface area contributed by atoms with Crippen LogP contribution in [-0.2, 0) is 23.1 Å². The number of rotatable bonds is 10. The number of hydrogen-bond acceptors (Lipinski definition) is 9. The van der Waals surface area contributed by atoms with Crippen LogP contribution in [0.4, 0.5) is 19.0 Å². The monoisotopic (exact) mass is 972 g/mol. The van der Waals surface area contributed by atoms with Crippen LogP contribution in [0.25, 0.3) is 28.2 Å². The Hall–Kier alpha value is -6.13. The number of fused-ring (bicyclic) bond motifs is 2. The van der Waals surface area contributed by atoms with E-state index in [9.17, 15) is 32.3 Å². The van der Waals surface area contributed by atoms with Crippen LogP contribution in [-0.4, -0.2) is 109 Å². The molecule has 3 amide bonds. The highest BCUT2D eigenvalue weighted by molar-refractivity contribution is 6.00. The summed E-state index contributed by atoms with van der Waals surface area (Å²) >= 11 is 0. The lowest BCUT2D eigenvalue weighted by Crippen LogP contribution is -2.49. The van der Waals surface area contributed by atoms with E-state index in [-0.39, 0.29) is 60.6 Å². The minimum atomic E-state index is -4.39. The van der Waals surface area contributed by atoms with Crippen LogP contribution in [0.5, 0.6) is 0 Å². The van der Waals surface area contributed by atoms with Crippen LogP contribution in [0.1, 0.15) is 122 Å². The molecule has 4 aliphatic heterocycles. The SMILES string of the molecule is CC1C([C@H](C)N2CCC(c3ccc(C(=O)N4CCC(CN5CCCC(Cc6ccc7c(c6)n(C)c(=O)n7C6CCC(=O)NC6=O)C[C@@H]5C(F)(F)F)CC4)cc3)CC2)=Cc2c(-c3ccc(N)nc3)ccnc21. The molecular weight excluding hydrogens is 908 g/mol. The maximum atomic E-state index is 14.9. The smallest absolute Gasteiger partial charge is 0.384 e. The molecule has 5 atom stereocenters. The first-order chi connectivity index (χ1) is 34.1. The molecule has 71 heavy (non-hydrogen) atoms. The molecule has 2 aromatic carbocycles. The number of carbonyl (C=O) groups is 3. The van der Waals surface area contributed by atoms with Gasteiger partial charge in [-0.15, -0.1) is 0 Å². The zero-order valence-electron chi connectivity index (χ0n) is 40.8. The molecule has 0 radical (unpaired) electrons. The number of halogens is 3. The number of nitrogen functional groups attached to an aromatic ring is 1. The quantitative estimate of drug-likeness (QED) is 0.132. The third-order valence-corrected chi connectivity index (χ3v) is 16.6. The van der Waals surface area contributed by atoms with Gasteiger partial charge in [0, 0.05) is 74.1 Å². The molecule has 1 aliphatic carbocycles. The lowest BCUT2D eigenvalue weighted by atomic mass is 9.87. The minimum absolute atomic E-state index is 0.0142. The van der Waals surface area contributed by atoms with Crippen molar-refractivity contribution in [2.24, 2.45) is 18.9 Å². The summed E-state index contributed by atoms with van der Waals surface area (Å²) in [4.78, 5) is 66.7. The molecule has 5 aromatic rings. The highest BCUT2D eigenvalue weighted by Crippen LogP contribution is 2.43. The summed E-state index contributed by atoms with van der Waals surface area (Å²) in [5.74, 6) is 0.0424. The van der Waals surface area contributed by atoms with Gasteiger partial charge in [-0.25, -0.2) is 9.78 Å². The molecule has 4 fully saturated rings. The standard InChI is InChI=1S/C55H64F3N9O4/c1-33-43(30-44-42(16-21-60-51(33)44)41-11-14-49(59)61-31-41)34(2)64-25-19-39(20-26-64)38-7-9-40(10-8-38)53(70)65-23-17-35(18-24-65)32-66-22-4-5-36(29-48(66)55(56,57)58)27-37-6-12-45-47(28-37)63(3)54(71)67(45)46-13-15-50(68)62-52(46)69/h6-12,14,16,21,28,30-31,33-36,39,46,48H,4-5,13,15,17-20,22-27,29,32H2,1-3H3,(H2,59,61)(H,62,68,69)/t33?,34-,36?,46?,48+/m0/s1. The Kier molecular flexibility index (Phi) is 13.5. The number of imidazole rings is 1. The number of nitrogens with zero attached hydrogens (tertiary/aromatic N) is 7. The number of carbonyl (C=O) groups excluding carboxylic acids is 3. The Morgan fingerprint density at radius 3 is 2.34 bits per heavy atom. The van der Waals surface area contributed by atoms with Gasteiger partial charge in [0.1, 0.15) is 17.9 Å². The normalized spacial score (nSPS) is 23.6. The van der Waals surface area contributed by atoms with Gasteiger partial charge < -0.3 is 10.6 Å². The molecule has 4 saturated heterocycles. The van der Waals surface area contributed by atoms with E-state index >= 15 is 0 Å². The van der Waals surface area contributed by atoms with Crippen molar-refractivity contribution in [1.29, 1.82) is 0 Å². The molecular formula is C55H64F3N9O4. The predicted octanol–water partition coefficient (Wildman–Crippen LogP) is 8.25. The zero-order valence-corrected chi connectivity index (χ0v) is 40.8. The van der Waals surface area contributed by atoms with Gasteiger partial charge in [-0.2, -0.15) is 13.2 Å². The number of amides is 3. The molecule has 0 bridgehead atoms. The summed E-state index contributed by atoms with van der Waals surface area (Å²) in [5, 5.41) is 2.32. The summed E-state index contributed by atoms with van der Waals surface area (Å²) < 4.78 is 47.6. The molecule has 3 unspecified atom stereocenters. The van der Waals surface area contributed by atoms with E-state index < -0.39 is 24.2 Å².